The van der Waals surface area contributed by atoms with Crippen LogP contribution in [0.2, 0.25) is 0 Å². The first-order chi connectivity index (χ1) is 8.95. The standard InChI is InChI=1S/C16H24O3/c1-15(2)10-9-14(16(3,12-17)19-15)18-11-13-7-5-4-6-8-13/h4-8,14,17H,9-12H2,1-3H3/t14-,16+/m1/s1. The number of ether oxygens (including phenoxy) is 2. The molecular formula is C16H24O3. The first-order valence-corrected chi connectivity index (χ1v) is 6.92. The molecule has 0 bridgehead atoms. The number of aliphatic hydroxyl groups excluding tert-OH is 1. The van der Waals surface area contributed by atoms with Crippen LogP contribution < -0.4 is 0 Å². The van der Waals surface area contributed by atoms with Gasteiger partial charge < -0.3 is 14.6 Å². The van der Waals surface area contributed by atoms with Crippen molar-refractivity contribution in [3.8, 4) is 0 Å². The van der Waals surface area contributed by atoms with Gasteiger partial charge in [0.1, 0.15) is 5.60 Å². The Hall–Kier alpha value is -0.900. The molecule has 1 saturated heterocycles. The lowest BCUT2D eigenvalue weighted by atomic mass is 9.86. The molecule has 0 amide bonds. The summed E-state index contributed by atoms with van der Waals surface area (Å²) in [6, 6.07) is 10.1. The minimum atomic E-state index is -0.615. The van der Waals surface area contributed by atoms with E-state index < -0.39 is 5.60 Å². The van der Waals surface area contributed by atoms with E-state index in [1.165, 1.54) is 0 Å². The van der Waals surface area contributed by atoms with Gasteiger partial charge >= 0.3 is 0 Å². The summed E-state index contributed by atoms with van der Waals surface area (Å²) in [4.78, 5) is 0. The minimum absolute atomic E-state index is 0.0180. The zero-order valence-corrected chi connectivity index (χ0v) is 12.1. The summed E-state index contributed by atoms with van der Waals surface area (Å²) in [5.74, 6) is 0. The lowest BCUT2D eigenvalue weighted by molar-refractivity contribution is -0.243. The number of rotatable bonds is 4. The van der Waals surface area contributed by atoms with Crippen LogP contribution in [0.3, 0.4) is 0 Å². The highest BCUT2D eigenvalue weighted by Gasteiger charge is 2.44. The van der Waals surface area contributed by atoms with Crippen LogP contribution in [0.4, 0.5) is 0 Å². The minimum Gasteiger partial charge on any atom is -0.393 e. The fourth-order valence-corrected chi connectivity index (χ4v) is 2.70. The molecule has 0 spiro atoms. The van der Waals surface area contributed by atoms with Gasteiger partial charge in [0.15, 0.2) is 0 Å². The molecule has 2 rings (SSSR count). The highest BCUT2D eigenvalue weighted by Crippen LogP contribution is 2.37. The number of aliphatic hydroxyl groups is 1. The van der Waals surface area contributed by atoms with Crippen LogP contribution in [0.1, 0.15) is 39.2 Å². The Kier molecular flexibility index (Phi) is 4.29. The van der Waals surface area contributed by atoms with E-state index in [0.29, 0.717) is 6.61 Å². The molecule has 1 fully saturated rings. The van der Waals surface area contributed by atoms with Gasteiger partial charge in [-0.1, -0.05) is 30.3 Å². The second-order valence-corrected chi connectivity index (χ2v) is 6.16. The van der Waals surface area contributed by atoms with E-state index in [-0.39, 0.29) is 18.3 Å². The van der Waals surface area contributed by atoms with E-state index in [1.807, 2.05) is 37.3 Å². The molecule has 0 saturated carbocycles. The SMILES string of the molecule is CC1(C)CC[C@@H](OCc2ccccc2)[C@](C)(CO)O1. The molecule has 1 aliphatic rings. The Labute approximate surface area is 115 Å². The van der Waals surface area contributed by atoms with Gasteiger partial charge in [-0.15, -0.1) is 0 Å². The molecule has 0 aromatic heterocycles. The molecule has 0 aliphatic carbocycles. The van der Waals surface area contributed by atoms with Crippen LogP contribution in [0.15, 0.2) is 30.3 Å². The second kappa shape index (κ2) is 5.61. The van der Waals surface area contributed by atoms with Gasteiger partial charge in [-0.3, -0.25) is 0 Å². The first-order valence-electron chi connectivity index (χ1n) is 6.92. The highest BCUT2D eigenvalue weighted by molar-refractivity contribution is 5.13. The Morgan fingerprint density at radius 2 is 1.95 bits per heavy atom. The van der Waals surface area contributed by atoms with E-state index >= 15 is 0 Å². The van der Waals surface area contributed by atoms with Crippen molar-refractivity contribution in [3.63, 3.8) is 0 Å². The molecule has 0 radical (unpaired) electrons. The second-order valence-electron chi connectivity index (χ2n) is 6.16. The average Bonchev–Trinajstić information content (AvgIpc) is 2.38. The van der Waals surface area contributed by atoms with Crippen molar-refractivity contribution in [2.45, 2.75) is 57.5 Å². The largest absolute Gasteiger partial charge is 0.393 e. The molecule has 1 aromatic carbocycles. The molecule has 106 valence electrons. The monoisotopic (exact) mass is 264 g/mol. The van der Waals surface area contributed by atoms with Gasteiger partial charge in [0, 0.05) is 0 Å². The maximum atomic E-state index is 9.65. The van der Waals surface area contributed by atoms with Gasteiger partial charge in [-0.2, -0.15) is 0 Å². The summed E-state index contributed by atoms with van der Waals surface area (Å²) >= 11 is 0. The normalized spacial score (nSPS) is 30.2. The summed E-state index contributed by atoms with van der Waals surface area (Å²) < 4.78 is 12.0. The maximum Gasteiger partial charge on any atom is 0.115 e. The Morgan fingerprint density at radius 3 is 2.58 bits per heavy atom. The Bertz CT molecular complexity index is 402. The van der Waals surface area contributed by atoms with Crippen LogP contribution >= 0.6 is 0 Å². The van der Waals surface area contributed by atoms with Crippen molar-refractivity contribution >= 4 is 0 Å². The maximum absolute atomic E-state index is 9.65. The van der Waals surface area contributed by atoms with Crippen molar-refractivity contribution in [1.29, 1.82) is 0 Å². The fourth-order valence-electron chi connectivity index (χ4n) is 2.70. The zero-order chi connectivity index (χ0) is 13.9. The van der Waals surface area contributed by atoms with Crippen molar-refractivity contribution in [3.05, 3.63) is 35.9 Å². The van der Waals surface area contributed by atoms with Crippen molar-refractivity contribution < 1.29 is 14.6 Å². The smallest absolute Gasteiger partial charge is 0.115 e. The van der Waals surface area contributed by atoms with Gasteiger partial charge in [0.25, 0.3) is 0 Å². The molecular weight excluding hydrogens is 240 g/mol. The van der Waals surface area contributed by atoms with Gasteiger partial charge in [-0.05, 0) is 39.2 Å². The van der Waals surface area contributed by atoms with Gasteiger partial charge in [0.2, 0.25) is 0 Å². The van der Waals surface area contributed by atoms with Crippen LogP contribution in [-0.4, -0.2) is 29.0 Å². The summed E-state index contributed by atoms with van der Waals surface area (Å²) in [6.07, 6.45) is 1.80. The Morgan fingerprint density at radius 1 is 1.26 bits per heavy atom. The van der Waals surface area contributed by atoms with Crippen LogP contribution in [-0.2, 0) is 16.1 Å². The van der Waals surface area contributed by atoms with Gasteiger partial charge in [-0.25, -0.2) is 0 Å². The molecule has 0 unspecified atom stereocenters. The molecule has 3 heteroatoms. The summed E-state index contributed by atoms with van der Waals surface area (Å²) in [7, 11) is 0. The third-order valence-corrected chi connectivity index (χ3v) is 3.81. The molecule has 2 atom stereocenters. The predicted octanol–water partition coefficient (Wildman–Crippen LogP) is 2.91. The Balaban J connectivity index is 1.99. The summed E-state index contributed by atoms with van der Waals surface area (Å²) in [5, 5.41) is 9.65. The fraction of sp³-hybridized carbons (Fsp3) is 0.625. The summed E-state index contributed by atoms with van der Waals surface area (Å²) in [6.45, 7) is 6.60. The third kappa shape index (κ3) is 3.56. The van der Waals surface area contributed by atoms with Crippen LogP contribution in [0.25, 0.3) is 0 Å². The van der Waals surface area contributed by atoms with Crippen molar-refractivity contribution in [2.75, 3.05) is 6.61 Å². The molecule has 19 heavy (non-hydrogen) atoms. The average molecular weight is 264 g/mol. The van der Waals surface area contributed by atoms with Crippen molar-refractivity contribution in [2.24, 2.45) is 0 Å². The van der Waals surface area contributed by atoms with Gasteiger partial charge in [0.05, 0.1) is 24.9 Å². The third-order valence-electron chi connectivity index (χ3n) is 3.81. The quantitative estimate of drug-likeness (QED) is 0.908. The topological polar surface area (TPSA) is 38.7 Å². The lowest BCUT2D eigenvalue weighted by Gasteiger charge is -2.47. The number of benzene rings is 1. The van der Waals surface area contributed by atoms with E-state index in [4.69, 9.17) is 9.47 Å². The molecule has 1 aromatic rings. The van der Waals surface area contributed by atoms with Crippen LogP contribution in [0.5, 0.6) is 0 Å². The highest BCUT2D eigenvalue weighted by atomic mass is 16.6. The van der Waals surface area contributed by atoms with Crippen LogP contribution in [0, 0.1) is 0 Å². The molecule has 3 nitrogen and oxygen atoms in total. The zero-order valence-electron chi connectivity index (χ0n) is 12.1. The van der Waals surface area contributed by atoms with E-state index in [1.54, 1.807) is 0 Å². The molecule has 1 N–H and O–H groups in total. The van der Waals surface area contributed by atoms with Crippen molar-refractivity contribution in [1.82, 2.24) is 0 Å². The van der Waals surface area contributed by atoms with E-state index in [2.05, 4.69) is 13.8 Å². The molecule has 1 heterocycles. The van der Waals surface area contributed by atoms with E-state index in [0.717, 1.165) is 18.4 Å². The molecule has 1 aliphatic heterocycles. The lowest BCUT2D eigenvalue weighted by Crippen LogP contribution is -2.55. The number of hydrogen-bond donors (Lipinski definition) is 1. The first kappa shape index (κ1) is 14.5. The number of hydrogen-bond acceptors (Lipinski definition) is 3. The van der Waals surface area contributed by atoms with E-state index in [9.17, 15) is 5.11 Å². The predicted molar refractivity (Wildman–Crippen MR) is 74.9 cm³/mol. The summed E-state index contributed by atoms with van der Waals surface area (Å²) in [5.41, 5.74) is 0.341.